The van der Waals surface area contributed by atoms with Gasteiger partial charge in [-0.25, -0.2) is 14.5 Å². The van der Waals surface area contributed by atoms with E-state index in [0.29, 0.717) is 20.6 Å². The van der Waals surface area contributed by atoms with Crippen LogP contribution in [0, 0.1) is 6.92 Å². The zero-order valence-corrected chi connectivity index (χ0v) is 26.5. The van der Waals surface area contributed by atoms with Gasteiger partial charge in [0.2, 0.25) is 0 Å². The number of allylic oxidation sites excluding steroid dienone is 1. The molecule has 7 nitrogen and oxygen atoms in total. The van der Waals surface area contributed by atoms with Gasteiger partial charge in [0.15, 0.2) is 4.80 Å². The minimum Gasteiger partial charge on any atom is -0.466 e. The van der Waals surface area contributed by atoms with Crippen LogP contribution in [0.4, 0.5) is 0 Å². The third-order valence-electron chi connectivity index (χ3n) is 7.89. The zero-order valence-electron chi connectivity index (χ0n) is 25.7. The predicted molar refractivity (Wildman–Crippen MR) is 175 cm³/mol. The maximum absolute atomic E-state index is 14.2. The van der Waals surface area contributed by atoms with Crippen LogP contribution in [0.25, 0.3) is 23.0 Å². The molecule has 0 amide bonds. The average Bonchev–Trinajstić information content (AvgIpc) is 3.57. The lowest BCUT2D eigenvalue weighted by Crippen LogP contribution is -2.39. The summed E-state index contributed by atoms with van der Waals surface area (Å²) in [5.74, 6) is -0.503. The molecule has 222 valence electrons. The minimum absolute atomic E-state index is 0.0385. The first-order chi connectivity index (χ1) is 21.0. The van der Waals surface area contributed by atoms with Crippen molar-refractivity contribution in [3.63, 3.8) is 0 Å². The molecular formula is C36H34N4O3S. The number of nitrogens with zero attached hydrogens (tertiary/aromatic N) is 4. The van der Waals surface area contributed by atoms with E-state index in [4.69, 9.17) is 14.8 Å². The summed E-state index contributed by atoms with van der Waals surface area (Å²) in [6, 6.07) is 25.5. The van der Waals surface area contributed by atoms with Gasteiger partial charge in [0, 0.05) is 17.3 Å². The number of methoxy groups -OCH3 is 1. The Morgan fingerprint density at radius 2 is 1.64 bits per heavy atom. The summed E-state index contributed by atoms with van der Waals surface area (Å²) in [5, 5.41) is 4.93. The third kappa shape index (κ3) is 5.37. The van der Waals surface area contributed by atoms with Gasteiger partial charge in [-0.15, -0.1) is 0 Å². The number of hydrogen-bond acceptors (Lipinski definition) is 6. The van der Waals surface area contributed by atoms with Crippen LogP contribution in [0.15, 0.2) is 106 Å². The standard InChI is InChI=1S/C36H34N4O3S/c1-22-12-14-24(15-13-22)31-26(21-39(38-31)28-10-8-7-9-11-28)20-29-33(41)40-32(25-16-18-27(19-17-25)36(3,4)5)30(34(42)43-6)23(2)37-35(40)44-29/h7-21,32H,1-6H3/b29-20+. The highest BCUT2D eigenvalue weighted by molar-refractivity contribution is 7.07. The molecule has 0 aliphatic carbocycles. The molecule has 0 bridgehead atoms. The number of thiazole rings is 1. The first kappa shape index (κ1) is 29.3. The number of rotatable bonds is 5. The Hall–Kier alpha value is -4.82. The zero-order chi connectivity index (χ0) is 31.2. The van der Waals surface area contributed by atoms with Crippen molar-refractivity contribution < 1.29 is 9.53 Å². The van der Waals surface area contributed by atoms with Crippen LogP contribution in [-0.2, 0) is 14.9 Å². The first-order valence-electron chi connectivity index (χ1n) is 14.5. The Morgan fingerprint density at radius 1 is 0.955 bits per heavy atom. The second-order valence-corrected chi connectivity index (χ2v) is 13.0. The molecule has 8 heteroatoms. The van der Waals surface area contributed by atoms with E-state index < -0.39 is 12.0 Å². The molecule has 2 aromatic heterocycles. The highest BCUT2D eigenvalue weighted by atomic mass is 32.1. The van der Waals surface area contributed by atoms with E-state index in [1.54, 1.807) is 11.5 Å². The molecule has 0 N–H and O–H groups in total. The Kier molecular flexibility index (Phi) is 7.55. The molecule has 1 aliphatic heterocycles. The van der Waals surface area contributed by atoms with Crippen molar-refractivity contribution in [1.29, 1.82) is 0 Å². The average molecular weight is 603 g/mol. The van der Waals surface area contributed by atoms with Crippen molar-refractivity contribution in [3.8, 4) is 16.9 Å². The molecule has 3 aromatic carbocycles. The lowest BCUT2D eigenvalue weighted by molar-refractivity contribution is -0.136. The first-order valence-corrected chi connectivity index (χ1v) is 15.3. The summed E-state index contributed by atoms with van der Waals surface area (Å²) in [5.41, 5.74) is 7.18. The van der Waals surface area contributed by atoms with Gasteiger partial charge in [0.25, 0.3) is 5.56 Å². The quantitative estimate of drug-likeness (QED) is 0.236. The van der Waals surface area contributed by atoms with Crippen LogP contribution in [-0.4, -0.2) is 27.4 Å². The number of hydrogen-bond donors (Lipinski definition) is 0. The molecule has 44 heavy (non-hydrogen) atoms. The van der Waals surface area contributed by atoms with E-state index in [-0.39, 0.29) is 11.0 Å². The van der Waals surface area contributed by atoms with E-state index >= 15 is 0 Å². The Labute approximate surface area is 260 Å². The van der Waals surface area contributed by atoms with Crippen molar-refractivity contribution in [2.45, 2.75) is 46.1 Å². The topological polar surface area (TPSA) is 78.5 Å². The van der Waals surface area contributed by atoms with Crippen molar-refractivity contribution >= 4 is 23.4 Å². The van der Waals surface area contributed by atoms with Crippen LogP contribution in [0.2, 0.25) is 0 Å². The third-order valence-corrected chi connectivity index (χ3v) is 8.88. The molecule has 5 aromatic rings. The predicted octanol–water partition coefficient (Wildman–Crippen LogP) is 5.87. The summed E-state index contributed by atoms with van der Waals surface area (Å²) >= 11 is 1.30. The van der Waals surface area contributed by atoms with E-state index in [0.717, 1.165) is 39.2 Å². The lowest BCUT2D eigenvalue weighted by Gasteiger charge is -2.25. The summed E-state index contributed by atoms with van der Waals surface area (Å²) in [6.45, 7) is 10.3. The van der Waals surface area contributed by atoms with Crippen molar-refractivity contribution in [2.24, 2.45) is 4.99 Å². The highest BCUT2D eigenvalue weighted by Gasteiger charge is 2.33. The Bertz CT molecular complexity index is 2080. The molecule has 1 aliphatic rings. The molecule has 1 atom stereocenters. The molecule has 0 saturated carbocycles. The Balaban J connectivity index is 1.55. The van der Waals surface area contributed by atoms with Crippen molar-refractivity contribution in [2.75, 3.05) is 7.11 Å². The fourth-order valence-corrected chi connectivity index (χ4v) is 6.49. The number of aromatic nitrogens is 3. The van der Waals surface area contributed by atoms with Gasteiger partial charge in [-0.1, -0.05) is 104 Å². The summed E-state index contributed by atoms with van der Waals surface area (Å²) < 4.78 is 9.13. The van der Waals surface area contributed by atoms with E-state index in [9.17, 15) is 9.59 Å². The SMILES string of the molecule is COC(=O)C1=C(C)N=c2s/c(=C/c3cn(-c4ccccc4)nc3-c3ccc(C)cc3)c(=O)n2C1c1ccc(C(C)(C)C)cc1. The van der Waals surface area contributed by atoms with Crippen molar-refractivity contribution in [3.05, 3.63) is 138 Å². The summed E-state index contributed by atoms with van der Waals surface area (Å²) in [6.07, 6.45) is 3.82. The maximum Gasteiger partial charge on any atom is 0.338 e. The molecule has 6 rings (SSSR count). The van der Waals surface area contributed by atoms with Gasteiger partial charge < -0.3 is 4.74 Å². The molecule has 0 fully saturated rings. The second kappa shape index (κ2) is 11.4. The summed E-state index contributed by atoms with van der Waals surface area (Å²) in [7, 11) is 1.35. The molecular weight excluding hydrogens is 568 g/mol. The number of fused-ring (bicyclic) bond motifs is 1. The van der Waals surface area contributed by atoms with Gasteiger partial charge in [0.1, 0.15) is 0 Å². The molecule has 0 spiro atoms. The van der Waals surface area contributed by atoms with Crippen LogP contribution in [0.3, 0.4) is 0 Å². The van der Waals surface area contributed by atoms with E-state index in [2.05, 4.69) is 45.0 Å². The maximum atomic E-state index is 14.2. The van der Waals surface area contributed by atoms with Gasteiger partial charge in [-0.3, -0.25) is 9.36 Å². The fraction of sp³-hybridized carbons (Fsp3) is 0.222. The smallest absolute Gasteiger partial charge is 0.338 e. The number of esters is 1. The van der Waals surface area contributed by atoms with Gasteiger partial charge >= 0.3 is 5.97 Å². The molecule has 3 heterocycles. The monoisotopic (exact) mass is 602 g/mol. The summed E-state index contributed by atoms with van der Waals surface area (Å²) in [4.78, 5) is 32.6. The second-order valence-electron chi connectivity index (χ2n) is 12.0. The van der Waals surface area contributed by atoms with E-state index in [1.165, 1.54) is 18.4 Å². The molecule has 0 saturated heterocycles. The normalized spacial score (nSPS) is 15.2. The van der Waals surface area contributed by atoms with E-state index in [1.807, 2.05) is 78.5 Å². The number of benzene rings is 3. The number of carbonyl (C=O) groups excluding carboxylic acids is 1. The Morgan fingerprint density at radius 3 is 2.27 bits per heavy atom. The lowest BCUT2D eigenvalue weighted by atomic mass is 9.85. The molecule has 0 radical (unpaired) electrons. The number of carbonyl (C=O) groups is 1. The van der Waals surface area contributed by atoms with Gasteiger partial charge in [-0.05, 0) is 48.6 Å². The van der Waals surface area contributed by atoms with Crippen LogP contribution >= 0.6 is 11.3 Å². The van der Waals surface area contributed by atoms with Crippen LogP contribution < -0.4 is 14.9 Å². The molecule has 1 unspecified atom stereocenters. The van der Waals surface area contributed by atoms with Crippen LogP contribution in [0.1, 0.15) is 56.0 Å². The number of ether oxygens (including phenoxy) is 1. The number of para-hydroxylation sites is 1. The number of aryl methyl sites for hydroxylation is 1. The van der Waals surface area contributed by atoms with Gasteiger partial charge in [-0.2, -0.15) is 5.10 Å². The van der Waals surface area contributed by atoms with Gasteiger partial charge in [0.05, 0.1) is 40.3 Å². The largest absolute Gasteiger partial charge is 0.466 e. The minimum atomic E-state index is -0.668. The van der Waals surface area contributed by atoms with Crippen molar-refractivity contribution in [1.82, 2.24) is 14.3 Å². The highest BCUT2D eigenvalue weighted by Crippen LogP contribution is 2.32. The van der Waals surface area contributed by atoms with Crippen LogP contribution in [0.5, 0.6) is 0 Å². The fourth-order valence-electron chi connectivity index (χ4n) is 5.46.